The smallest absolute Gasteiger partial charge is 0.306 e. The van der Waals surface area contributed by atoms with Crippen molar-refractivity contribution < 1.29 is 14.3 Å². The highest BCUT2D eigenvalue weighted by molar-refractivity contribution is 5.81. The van der Waals surface area contributed by atoms with Gasteiger partial charge in [0.2, 0.25) is 5.91 Å². The fourth-order valence-corrected chi connectivity index (χ4v) is 2.37. The lowest BCUT2D eigenvalue weighted by Crippen LogP contribution is -2.38. The van der Waals surface area contributed by atoms with Crippen molar-refractivity contribution in [2.45, 2.75) is 31.6 Å². The summed E-state index contributed by atoms with van der Waals surface area (Å²) in [5.74, 6) is 1.10. The Morgan fingerprint density at radius 3 is 2.74 bits per heavy atom. The number of hydrogen-bond acceptors (Lipinski definition) is 4. The fraction of sp³-hybridized carbons (Fsp3) is 0.615. The predicted octanol–water partition coefficient (Wildman–Crippen LogP) is 1.07. The van der Waals surface area contributed by atoms with Crippen LogP contribution in [0.15, 0.2) is 12.4 Å². The maximum Gasteiger partial charge on any atom is 0.306 e. The quantitative estimate of drug-likeness (QED) is 0.826. The summed E-state index contributed by atoms with van der Waals surface area (Å²) >= 11 is 0. The summed E-state index contributed by atoms with van der Waals surface area (Å²) < 4.78 is 4.53. The first-order valence-electron chi connectivity index (χ1n) is 6.54. The molecule has 1 fully saturated rings. The number of H-pyrrole nitrogens is 1. The second kappa shape index (κ2) is 6.36. The van der Waals surface area contributed by atoms with Gasteiger partial charge in [-0.15, -0.1) is 0 Å². The van der Waals surface area contributed by atoms with Gasteiger partial charge in [-0.3, -0.25) is 9.59 Å². The van der Waals surface area contributed by atoms with Crippen molar-refractivity contribution in [3.8, 4) is 0 Å². The maximum atomic E-state index is 11.9. The molecular formula is C13H19N3O3. The molecule has 6 nitrogen and oxygen atoms in total. The van der Waals surface area contributed by atoms with Gasteiger partial charge in [-0.25, -0.2) is 4.98 Å². The minimum atomic E-state index is -0.334. The van der Waals surface area contributed by atoms with Gasteiger partial charge in [-0.2, -0.15) is 0 Å². The van der Waals surface area contributed by atoms with Crippen LogP contribution in [0.4, 0.5) is 0 Å². The molecule has 2 heterocycles. The Bertz CT molecular complexity index is 422. The first-order chi connectivity index (χ1) is 9.20. The summed E-state index contributed by atoms with van der Waals surface area (Å²) in [6, 6.07) is 0. The van der Waals surface area contributed by atoms with Gasteiger partial charge >= 0.3 is 5.97 Å². The molecule has 1 aromatic rings. The average molecular weight is 265 g/mol. The molecule has 0 atom stereocenters. The molecule has 19 heavy (non-hydrogen) atoms. The molecule has 0 unspecified atom stereocenters. The zero-order valence-corrected chi connectivity index (χ0v) is 11.1. The van der Waals surface area contributed by atoms with E-state index in [0.717, 1.165) is 31.8 Å². The number of esters is 1. The number of amides is 1. The van der Waals surface area contributed by atoms with Gasteiger partial charge in [0, 0.05) is 37.8 Å². The number of likely N-dealkylation sites (tertiary alicyclic amines) is 1. The molecular weight excluding hydrogens is 246 g/mol. The van der Waals surface area contributed by atoms with Crippen LogP contribution in [0.25, 0.3) is 0 Å². The lowest BCUT2D eigenvalue weighted by Gasteiger charge is -2.31. The fourth-order valence-electron chi connectivity index (χ4n) is 2.37. The highest BCUT2D eigenvalue weighted by atomic mass is 16.5. The summed E-state index contributed by atoms with van der Waals surface area (Å²) in [6.07, 6.45) is 5.80. The number of ether oxygens (including phenoxy) is 1. The molecule has 0 radical (unpaired) electrons. The van der Waals surface area contributed by atoms with Crippen molar-refractivity contribution in [3.05, 3.63) is 18.2 Å². The lowest BCUT2D eigenvalue weighted by molar-refractivity contribution is -0.143. The van der Waals surface area contributed by atoms with E-state index in [4.69, 9.17) is 0 Å². The molecule has 2 rings (SSSR count). The molecule has 0 saturated carbocycles. The highest BCUT2D eigenvalue weighted by Gasteiger charge is 2.25. The van der Waals surface area contributed by atoms with Gasteiger partial charge in [-0.05, 0) is 12.8 Å². The standard InChI is InChI=1S/C13H19N3O3/c1-19-12(18)3-2-11(17)16-8-4-10(5-9-16)13-14-6-7-15-13/h6-7,10H,2-5,8-9H2,1H3,(H,14,15). The number of nitrogens with one attached hydrogen (secondary N) is 1. The summed E-state index contributed by atoms with van der Waals surface area (Å²) in [5.41, 5.74) is 0. The second-order valence-corrected chi connectivity index (χ2v) is 4.71. The average Bonchev–Trinajstić information content (AvgIpc) is 2.98. The summed E-state index contributed by atoms with van der Waals surface area (Å²) in [5, 5.41) is 0. The van der Waals surface area contributed by atoms with E-state index in [2.05, 4.69) is 14.7 Å². The van der Waals surface area contributed by atoms with Crippen LogP contribution >= 0.6 is 0 Å². The Labute approximate surface area is 112 Å². The Morgan fingerprint density at radius 1 is 1.42 bits per heavy atom. The number of nitrogens with zero attached hydrogens (tertiary/aromatic N) is 2. The molecule has 1 aliphatic rings. The zero-order chi connectivity index (χ0) is 13.7. The lowest BCUT2D eigenvalue weighted by atomic mass is 9.96. The molecule has 0 spiro atoms. The second-order valence-electron chi connectivity index (χ2n) is 4.71. The Kier molecular flexibility index (Phi) is 4.54. The van der Waals surface area contributed by atoms with E-state index in [1.165, 1.54) is 7.11 Å². The topological polar surface area (TPSA) is 75.3 Å². The number of imidazole rings is 1. The van der Waals surface area contributed by atoms with Crippen LogP contribution < -0.4 is 0 Å². The van der Waals surface area contributed by atoms with Crippen molar-refractivity contribution in [1.82, 2.24) is 14.9 Å². The molecule has 0 bridgehead atoms. The monoisotopic (exact) mass is 265 g/mol. The molecule has 1 aliphatic heterocycles. The van der Waals surface area contributed by atoms with Crippen molar-refractivity contribution in [1.29, 1.82) is 0 Å². The molecule has 0 aliphatic carbocycles. The van der Waals surface area contributed by atoms with Gasteiger partial charge in [0.1, 0.15) is 5.82 Å². The number of hydrogen-bond donors (Lipinski definition) is 1. The number of methoxy groups -OCH3 is 1. The van der Waals surface area contributed by atoms with Crippen LogP contribution in [-0.2, 0) is 14.3 Å². The Balaban J connectivity index is 1.76. The Morgan fingerprint density at radius 2 is 2.16 bits per heavy atom. The van der Waals surface area contributed by atoms with Gasteiger partial charge in [0.25, 0.3) is 0 Å². The normalized spacial score (nSPS) is 16.4. The predicted molar refractivity (Wildman–Crippen MR) is 68.4 cm³/mol. The number of carbonyl (C=O) groups is 2. The molecule has 6 heteroatoms. The van der Waals surface area contributed by atoms with Crippen LogP contribution in [0.1, 0.15) is 37.4 Å². The van der Waals surface area contributed by atoms with Crippen LogP contribution in [0.2, 0.25) is 0 Å². The van der Waals surface area contributed by atoms with E-state index in [-0.39, 0.29) is 24.7 Å². The number of aromatic amines is 1. The molecule has 0 aromatic carbocycles. The third-order valence-electron chi connectivity index (χ3n) is 3.52. The third kappa shape index (κ3) is 3.56. The van der Waals surface area contributed by atoms with Gasteiger partial charge < -0.3 is 14.6 Å². The van der Waals surface area contributed by atoms with E-state index >= 15 is 0 Å². The van der Waals surface area contributed by atoms with Gasteiger partial charge in [0.05, 0.1) is 13.5 Å². The Hall–Kier alpha value is -1.85. The number of piperidine rings is 1. The van der Waals surface area contributed by atoms with Crippen LogP contribution in [0.3, 0.4) is 0 Å². The van der Waals surface area contributed by atoms with Crippen molar-refractivity contribution in [2.75, 3.05) is 20.2 Å². The molecule has 1 N–H and O–H groups in total. The van der Waals surface area contributed by atoms with Crippen molar-refractivity contribution in [3.63, 3.8) is 0 Å². The molecule has 1 aromatic heterocycles. The highest BCUT2D eigenvalue weighted by Crippen LogP contribution is 2.25. The van der Waals surface area contributed by atoms with Crippen LogP contribution in [0.5, 0.6) is 0 Å². The summed E-state index contributed by atoms with van der Waals surface area (Å²) in [7, 11) is 1.33. The first kappa shape index (κ1) is 13.6. The number of rotatable bonds is 4. The first-order valence-corrected chi connectivity index (χ1v) is 6.54. The van der Waals surface area contributed by atoms with Crippen molar-refractivity contribution >= 4 is 11.9 Å². The van der Waals surface area contributed by atoms with Crippen LogP contribution in [-0.4, -0.2) is 46.9 Å². The van der Waals surface area contributed by atoms with E-state index in [0.29, 0.717) is 5.92 Å². The van der Waals surface area contributed by atoms with Gasteiger partial charge in [-0.1, -0.05) is 0 Å². The van der Waals surface area contributed by atoms with E-state index in [1.807, 2.05) is 11.1 Å². The molecule has 1 saturated heterocycles. The van der Waals surface area contributed by atoms with E-state index in [1.54, 1.807) is 6.20 Å². The van der Waals surface area contributed by atoms with E-state index in [9.17, 15) is 9.59 Å². The van der Waals surface area contributed by atoms with E-state index < -0.39 is 0 Å². The van der Waals surface area contributed by atoms with Crippen molar-refractivity contribution in [2.24, 2.45) is 0 Å². The molecule has 104 valence electrons. The van der Waals surface area contributed by atoms with Gasteiger partial charge in [0.15, 0.2) is 0 Å². The number of carbonyl (C=O) groups excluding carboxylic acids is 2. The summed E-state index contributed by atoms with van der Waals surface area (Å²) in [4.78, 5) is 32.1. The third-order valence-corrected chi connectivity index (χ3v) is 3.52. The minimum absolute atomic E-state index is 0.0308. The van der Waals surface area contributed by atoms with Crippen LogP contribution in [0, 0.1) is 0 Å². The molecule has 1 amide bonds. The zero-order valence-electron chi connectivity index (χ0n) is 11.1. The number of aromatic nitrogens is 2. The minimum Gasteiger partial charge on any atom is -0.469 e. The SMILES string of the molecule is COC(=O)CCC(=O)N1CCC(c2ncc[nH]2)CC1. The summed E-state index contributed by atoms with van der Waals surface area (Å²) in [6.45, 7) is 1.46. The maximum absolute atomic E-state index is 11.9. The largest absolute Gasteiger partial charge is 0.469 e.